The van der Waals surface area contributed by atoms with Crippen molar-refractivity contribution in [2.75, 3.05) is 56.7 Å². The van der Waals surface area contributed by atoms with Crippen LogP contribution < -0.4 is 14.7 Å². The van der Waals surface area contributed by atoms with Crippen molar-refractivity contribution < 1.29 is 28.6 Å². The summed E-state index contributed by atoms with van der Waals surface area (Å²) in [5, 5.41) is 0. The highest BCUT2D eigenvalue weighted by atomic mass is 16.6. The second-order valence-electron chi connectivity index (χ2n) is 5.32. The summed E-state index contributed by atoms with van der Waals surface area (Å²) in [4.78, 5) is 50.9. The smallest absolute Gasteiger partial charge is 0.416 e. The molecule has 0 aliphatic heterocycles. The fraction of sp³-hybridized carbons (Fsp3) is 0.600. The first-order valence-electron chi connectivity index (χ1n) is 8.06. The number of ether oxygens (including phenoxy) is 3. The molecule has 0 aliphatic rings. The Morgan fingerprint density at radius 3 is 1.48 bits per heavy atom. The van der Waals surface area contributed by atoms with Gasteiger partial charge in [-0.2, -0.15) is 15.0 Å². The summed E-state index contributed by atoms with van der Waals surface area (Å²) in [7, 11) is 6.52. The zero-order chi connectivity index (χ0) is 20.6. The predicted octanol–water partition coefficient (Wildman–Crippen LogP) is 1.65. The first kappa shape index (κ1) is 21.9. The molecule has 0 aromatic carbocycles. The molecule has 0 aliphatic carbocycles. The number of hydrogen-bond acceptors (Lipinski definition) is 9. The number of carbonyl (C=O) groups excluding carboxylic acids is 3. The van der Waals surface area contributed by atoms with Gasteiger partial charge >= 0.3 is 18.3 Å². The van der Waals surface area contributed by atoms with E-state index in [0.29, 0.717) is 6.42 Å². The minimum atomic E-state index is -0.744. The van der Waals surface area contributed by atoms with E-state index in [-0.39, 0.29) is 24.5 Å². The quantitative estimate of drug-likeness (QED) is 0.531. The minimum absolute atomic E-state index is 0.122. The van der Waals surface area contributed by atoms with Crippen LogP contribution in [0.4, 0.5) is 32.2 Å². The first-order chi connectivity index (χ1) is 12.8. The number of aromatic nitrogens is 3. The van der Waals surface area contributed by atoms with Crippen LogP contribution in [0.5, 0.6) is 0 Å². The van der Waals surface area contributed by atoms with Gasteiger partial charge in [0, 0.05) is 21.1 Å². The van der Waals surface area contributed by atoms with Crippen LogP contribution in [0.15, 0.2) is 0 Å². The van der Waals surface area contributed by atoms with Gasteiger partial charge in [-0.1, -0.05) is 13.3 Å². The largest absolute Gasteiger partial charge is 0.452 e. The lowest BCUT2D eigenvalue weighted by atomic mass is 10.4. The summed E-state index contributed by atoms with van der Waals surface area (Å²) in [6, 6.07) is 0. The highest BCUT2D eigenvalue weighted by Crippen LogP contribution is 2.19. The molecule has 12 heteroatoms. The molecule has 1 aromatic rings. The number of unbranched alkanes of at least 4 members (excludes halogenated alkanes) is 1. The van der Waals surface area contributed by atoms with Gasteiger partial charge in [-0.15, -0.1) is 0 Å². The van der Waals surface area contributed by atoms with Gasteiger partial charge in [-0.05, 0) is 6.42 Å². The number of rotatable bonds is 6. The summed E-state index contributed by atoms with van der Waals surface area (Å²) < 4.78 is 14.4. The van der Waals surface area contributed by atoms with Crippen LogP contribution in [0.2, 0.25) is 0 Å². The minimum Gasteiger partial charge on any atom is -0.452 e. The maximum absolute atomic E-state index is 12.2. The van der Waals surface area contributed by atoms with Crippen molar-refractivity contribution in [2.24, 2.45) is 0 Å². The molecule has 12 nitrogen and oxygen atoms in total. The molecule has 1 aromatic heterocycles. The third kappa shape index (κ3) is 5.66. The number of carbonyl (C=O) groups is 3. The molecular weight excluding hydrogens is 360 g/mol. The monoisotopic (exact) mass is 384 g/mol. The number of hydrogen-bond donors (Lipinski definition) is 0. The Hall–Kier alpha value is -3.18. The van der Waals surface area contributed by atoms with Gasteiger partial charge < -0.3 is 14.2 Å². The van der Waals surface area contributed by atoms with E-state index in [0.717, 1.165) is 21.1 Å². The molecule has 0 fully saturated rings. The van der Waals surface area contributed by atoms with Crippen molar-refractivity contribution >= 4 is 36.1 Å². The summed E-state index contributed by atoms with van der Waals surface area (Å²) in [6.07, 6.45) is -0.596. The molecule has 150 valence electrons. The van der Waals surface area contributed by atoms with E-state index in [1.54, 1.807) is 0 Å². The third-order valence-corrected chi connectivity index (χ3v) is 3.39. The highest BCUT2D eigenvalue weighted by molar-refractivity contribution is 5.89. The van der Waals surface area contributed by atoms with Crippen molar-refractivity contribution in [3.63, 3.8) is 0 Å². The Morgan fingerprint density at radius 1 is 0.778 bits per heavy atom. The fourth-order valence-electron chi connectivity index (χ4n) is 1.71. The Bertz CT molecular complexity index is 645. The molecule has 0 atom stereocenters. The number of methoxy groups -OCH3 is 2. The van der Waals surface area contributed by atoms with Crippen molar-refractivity contribution in [3.05, 3.63) is 0 Å². The van der Waals surface area contributed by atoms with E-state index in [2.05, 4.69) is 24.4 Å². The fourth-order valence-corrected chi connectivity index (χ4v) is 1.71. The van der Waals surface area contributed by atoms with Gasteiger partial charge in [-0.25, -0.2) is 29.1 Å². The lowest BCUT2D eigenvalue weighted by molar-refractivity contribution is 0.153. The topological polar surface area (TPSA) is 127 Å². The van der Waals surface area contributed by atoms with Crippen molar-refractivity contribution in [2.45, 2.75) is 19.8 Å². The van der Waals surface area contributed by atoms with Crippen molar-refractivity contribution in [1.82, 2.24) is 15.0 Å². The SMILES string of the molecule is CCCCOC(=O)N(C)c1nc(N(C)C(=O)OC)nc(N(C)C(=O)OC)n1. The second kappa shape index (κ2) is 10.1. The normalized spacial score (nSPS) is 10.0. The summed E-state index contributed by atoms with van der Waals surface area (Å²) in [5.74, 6) is -0.389. The average molecular weight is 384 g/mol. The van der Waals surface area contributed by atoms with E-state index in [9.17, 15) is 14.4 Å². The van der Waals surface area contributed by atoms with Gasteiger partial charge in [0.15, 0.2) is 0 Å². The van der Waals surface area contributed by atoms with E-state index < -0.39 is 18.3 Å². The predicted molar refractivity (Wildman–Crippen MR) is 96.1 cm³/mol. The molecule has 0 bridgehead atoms. The third-order valence-electron chi connectivity index (χ3n) is 3.39. The lowest BCUT2D eigenvalue weighted by Gasteiger charge is -2.21. The van der Waals surface area contributed by atoms with E-state index in [4.69, 9.17) is 4.74 Å². The first-order valence-corrected chi connectivity index (χ1v) is 8.06. The number of amides is 3. The molecule has 0 spiro atoms. The highest BCUT2D eigenvalue weighted by Gasteiger charge is 2.24. The van der Waals surface area contributed by atoms with E-state index >= 15 is 0 Å². The van der Waals surface area contributed by atoms with Gasteiger partial charge in [0.05, 0.1) is 20.8 Å². The Morgan fingerprint density at radius 2 is 1.15 bits per heavy atom. The standard InChI is InChI=1S/C15H24N6O6/c1-7-8-9-27-15(24)21(4)12-17-10(19(2)13(22)25-5)16-11(18-12)20(3)14(23)26-6/h7-9H2,1-6H3. The average Bonchev–Trinajstić information content (AvgIpc) is 2.70. The van der Waals surface area contributed by atoms with Crippen LogP contribution in [0.25, 0.3) is 0 Å². The molecule has 1 heterocycles. The molecule has 0 saturated heterocycles. The number of anilines is 3. The Balaban J connectivity index is 3.26. The maximum Gasteiger partial charge on any atom is 0.416 e. The van der Waals surface area contributed by atoms with Gasteiger partial charge in [0.25, 0.3) is 0 Å². The Kier molecular flexibility index (Phi) is 8.17. The number of nitrogens with zero attached hydrogens (tertiary/aromatic N) is 6. The molecule has 27 heavy (non-hydrogen) atoms. The van der Waals surface area contributed by atoms with Gasteiger partial charge in [0.1, 0.15) is 0 Å². The van der Waals surface area contributed by atoms with Crippen LogP contribution in [0, 0.1) is 0 Å². The van der Waals surface area contributed by atoms with Crippen LogP contribution in [0.3, 0.4) is 0 Å². The van der Waals surface area contributed by atoms with E-state index in [1.165, 1.54) is 35.4 Å². The van der Waals surface area contributed by atoms with E-state index in [1.807, 2.05) is 6.92 Å². The molecule has 3 amide bonds. The van der Waals surface area contributed by atoms with Gasteiger partial charge in [0.2, 0.25) is 17.8 Å². The van der Waals surface area contributed by atoms with Gasteiger partial charge in [-0.3, -0.25) is 0 Å². The zero-order valence-electron chi connectivity index (χ0n) is 16.3. The molecule has 1 rings (SSSR count). The summed E-state index contributed by atoms with van der Waals surface area (Å²) in [5.41, 5.74) is 0. The molecule has 0 N–H and O–H groups in total. The zero-order valence-corrected chi connectivity index (χ0v) is 16.3. The second-order valence-corrected chi connectivity index (χ2v) is 5.32. The van der Waals surface area contributed by atoms with Crippen molar-refractivity contribution in [3.8, 4) is 0 Å². The van der Waals surface area contributed by atoms with Crippen LogP contribution in [0.1, 0.15) is 19.8 Å². The molecular formula is C15H24N6O6. The maximum atomic E-state index is 12.2. The summed E-state index contributed by atoms with van der Waals surface area (Å²) in [6.45, 7) is 2.21. The molecule has 0 saturated carbocycles. The van der Waals surface area contributed by atoms with Crippen LogP contribution >= 0.6 is 0 Å². The van der Waals surface area contributed by atoms with Crippen LogP contribution in [-0.2, 0) is 14.2 Å². The summed E-state index contributed by atoms with van der Waals surface area (Å²) >= 11 is 0. The van der Waals surface area contributed by atoms with Crippen molar-refractivity contribution in [1.29, 1.82) is 0 Å². The molecule has 0 radical (unpaired) electrons. The lowest BCUT2D eigenvalue weighted by Crippen LogP contribution is -2.34. The van der Waals surface area contributed by atoms with Crippen LogP contribution in [-0.4, -0.2) is 75.2 Å². The Labute approximate surface area is 157 Å². The molecule has 0 unspecified atom stereocenters.